The van der Waals surface area contributed by atoms with Gasteiger partial charge in [-0.05, 0) is 30.7 Å². The number of hydrogen-bond acceptors (Lipinski definition) is 5. The van der Waals surface area contributed by atoms with Crippen LogP contribution in [0.4, 0.5) is 5.69 Å². The molecule has 1 N–H and O–H groups in total. The second kappa shape index (κ2) is 6.72. The van der Waals surface area contributed by atoms with Crippen LogP contribution in [0.3, 0.4) is 0 Å². The summed E-state index contributed by atoms with van der Waals surface area (Å²) in [6.07, 6.45) is 1.67. The van der Waals surface area contributed by atoms with Gasteiger partial charge in [-0.25, -0.2) is 4.98 Å². The van der Waals surface area contributed by atoms with Crippen LogP contribution in [0, 0.1) is 6.92 Å². The highest BCUT2D eigenvalue weighted by Gasteiger charge is 2.18. The molecule has 5 nitrogen and oxygen atoms in total. The van der Waals surface area contributed by atoms with Gasteiger partial charge in [-0.3, -0.25) is 9.48 Å². The van der Waals surface area contributed by atoms with E-state index in [0.29, 0.717) is 15.8 Å². The molecule has 0 unspecified atom stereocenters. The highest BCUT2D eigenvalue weighted by atomic mass is 32.2. The first-order valence-electron chi connectivity index (χ1n) is 8.06. The van der Waals surface area contributed by atoms with Crippen molar-refractivity contribution in [3.8, 4) is 0 Å². The maximum Gasteiger partial charge on any atom is 0.255 e. The Morgan fingerprint density at radius 3 is 2.68 bits per heavy atom. The highest BCUT2D eigenvalue weighted by molar-refractivity contribution is 8.19. The summed E-state index contributed by atoms with van der Waals surface area (Å²) in [6, 6.07) is 9.81. The minimum absolute atomic E-state index is 0.124. The van der Waals surface area contributed by atoms with Gasteiger partial charge in [-0.1, -0.05) is 12.1 Å². The second-order valence-corrected chi connectivity index (χ2v) is 8.68. The number of fused-ring (bicyclic) bond motifs is 1. The van der Waals surface area contributed by atoms with Crippen molar-refractivity contribution in [3.05, 3.63) is 53.3 Å². The number of pyridine rings is 1. The van der Waals surface area contributed by atoms with Gasteiger partial charge in [-0.15, -0.1) is 23.5 Å². The summed E-state index contributed by atoms with van der Waals surface area (Å²) in [7, 11) is 1.86. The van der Waals surface area contributed by atoms with Crippen LogP contribution in [0.1, 0.15) is 26.2 Å². The molecule has 3 heterocycles. The molecule has 0 bridgehead atoms. The number of nitrogens with zero attached hydrogens (tertiary/aromatic N) is 3. The molecule has 0 aliphatic carbocycles. The fourth-order valence-electron chi connectivity index (χ4n) is 2.92. The van der Waals surface area contributed by atoms with Crippen molar-refractivity contribution in [3.63, 3.8) is 0 Å². The van der Waals surface area contributed by atoms with Crippen LogP contribution < -0.4 is 5.32 Å². The number of hydrogen-bond donors (Lipinski definition) is 1. The molecule has 1 aromatic carbocycles. The third kappa shape index (κ3) is 3.26. The number of carbonyl (C=O) groups excluding carboxylic acids is 1. The molecule has 0 radical (unpaired) electrons. The molecular formula is C18H18N4OS2. The lowest BCUT2D eigenvalue weighted by molar-refractivity contribution is 0.102. The van der Waals surface area contributed by atoms with E-state index in [1.807, 2.05) is 55.7 Å². The predicted octanol–water partition coefficient (Wildman–Crippen LogP) is 4.01. The summed E-state index contributed by atoms with van der Waals surface area (Å²) in [4.78, 5) is 16.9. The van der Waals surface area contributed by atoms with Gasteiger partial charge in [0.1, 0.15) is 0 Å². The summed E-state index contributed by atoms with van der Waals surface area (Å²) in [6.45, 7) is 1.94. The Kier molecular flexibility index (Phi) is 4.43. The quantitative estimate of drug-likeness (QED) is 0.755. The molecule has 1 amide bonds. The Balaban J connectivity index is 1.52. The fourth-order valence-corrected chi connectivity index (χ4v) is 5.78. The molecule has 1 aliphatic rings. The molecule has 0 atom stereocenters. The summed E-state index contributed by atoms with van der Waals surface area (Å²) in [5.74, 6) is 2.27. The summed E-state index contributed by atoms with van der Waals surface area (Å²) < 4.78 is 2.24. The number of aromatic nitrogens is 3. The van der Waals surface area contributed by atoms with Crippen LogP contribution in [0.5, 0.6) is 0 Å². The average molecular weight is 371 g/mol. The Labute approximate surface area is 154 Å². The van der Waals surface area contributed by atoms with E-state index in [-0.39, 0.29) is 5.91 Å². The van der Waals surface area contributed by atoms with Crippen LogP contribution in [0.15, 0.2) is 36.5 Å². The number of nitrogens with one attached hydrogen (secondary N) is 1. The van der Waals surface area contributed by atoms with Gasteiger partial charge >= 0.3 is 0 Å². The van der Waals surface area contributed by atoms with E-state index in [2.05, 4.69) is 27.5 Å². The van der Waals surface area contributed by atoms with Gasteiger partial charge in [0.25, 0.3) is 5.91 Å². The predicted molar refractivity (Wildman–Crippen MR) is 105 cm³/mol. The molecule has 1 saturated heterocycles. The topological polar surface area (TPSA) is 59.8 Å². The average Bonchev–Trinajstić information content (AvgIpc) is 3.24. The molecule has 2 aromatic heterocycles. The van der Waals surface area contributed by atoms with E-state index < -0.39 is 0 Å². The normalized spacial score (nSPS) is 15.0. The van der Waals surface area contributed by atoms with E-state index in [9.17, 15) is 4.79 Å². The van der Waals surface area contributed by atoms with Gasteiger partial charge in [-0.2, -0.15) is 5.10 Å². The highest BCUT2D eigenvalue weighted by Crippen LogP contribution is 2.45. The van der Waals surface area contributed by atoms with Crippen LogP contribution in [0.2, 0.25) is 0 Å². The molecule has 1 fully saturated rings. The SMILES string of the molecule is Cc1nn(C)c2ncc(NC(=O)c3ccc(C4SCCS4)cc3)cc12. The number of amides is 1. The Morgan fingerprint density at radius 1 is 1.24 bits per heavy atom. The summed E-state index contributed by atoms with van der Waals surface area (Å²) in [5, 5.41) is 8.23. The number of carbonyl (C=O) groups is 1. The Morgan fingerprint density at radius 2 is 1.96 bits per heavy atom. The zero-order chi connectivity index (χ0) is 17.4. The van der Waals surface area contributed by atoms with Gasteiger partial charge < -0.3 is 5.32 Å². The molecular weight excluding hydrogens is 352 g/mol. The van der Waals surface area contributed by atoms with E-state index in [4.69, 9.17) is 0 Å². The first-order chi connectivity index (χ1) is 12.1. The number of benzene rings is 1. The standard InChI is InChI=1S/C18H18N4OS2/c1-11-15-9-14(10-19-16(15)22(2)21-11)20-17(23)12-3-5-13(6-4-12)18-24-7-8-25-18/h3-6,9-10,18H,7-8H2,1-2H3,(H,20,23). The summed E-state index contributed by atoms with van der Waals surface area (Å²) >= 11 is 3.93. The van der Waals surface area contributed by atoms with Gasteiger partial charge in [0.05, 0.1) is 22.2 Å². The van der Waals surface area contributed by atoms with Gasteiger partial charge in [0, 0.05) is 29.5 Å². The molecule has 1 aliphatic heterocycles. The second-order valence-electron chi connectivity index (χ2n) is 5.95. The van der Waals surface area contributed by atoms with Crippen LogP contribution in [-0.4, -0.2) is 32.2 Å². The lowest BCUT2D eigenvalue weighted by Gasteiger charge is -2.09. The fraction of sp³-hybridized carbons (Fsp3) is 0.278. The van der Waals surface area contributed by atoms with Crippen LogP contribution in [0.25, 0.3) is 11.0 Å². The van der Waals surface area contributed by atoms with Crippen LogP contribution in [-0.2, 0) is 7.05 Å². The Hall–Kier alpha value is -1.99. The van der Waals surface area contributed by atoms with Crippen molar-refractivity contribution >= 4 is 46.2 Å². The molecule has 0 spiro atoms. The lowest BCUT2D eigenvalue weighted by atomic mass is 10.1. The zero-order valence-corrected chi connectivity index (χ0v) is 15.7. The molecule has 0 saturated carbocycles. The molecule has 7 heteroatoms. The van der Waals surface area contributed by atoms with Crippen molar-refractivity contribution in [2.75, 3.05) is 16.8 Å². The first-order valence-corrected chi connectivity index (χ1v) is 10.2. The lowest BCUT2D eigenvalue weighted by Crippen LogP contribution is -2.12. The van der Waals surface area contributed by atoms with E-state index in [0.717, 1.165) is 16.7 Å². The summed E-state index contributed by atoms with van der Waals surface area (Å²) in [5.41, 5.74) is 4.32. The monoisotopic (exact) mass is 370 g/mol. The van der Waals surface area contributed by atoms with E-state index in [1.54, 1.807) is 10.9 Å². The Bertz CT molecular complexity index is 930. The van der Waals surface area contributed by atoms with Crippen LogP contribution >= 0.6 is 23.5 Å². The third-order valence-electron chi connectivity index (χ3n) is 4.19. The zero-order valence-electron chi connectivity index (χ0n) is 14.0. The number of aryl methyl sites for hydroxylation is 2. The minimum atomic E-state index is -0.124. The molecule has 128 valence electrons. The van der Waals surface area contributed by atoms with E-state index >= 15 is 0 Å². The smallest absolute Gasteiger partial charge is 0.255 e. The van der Waals surface area contributed by atoms with Crippen molar-refractivity contribution in [1.29, 1.82) is 0 Å². The van der Waals surface area contributed by atoms with Crippen molar-refractivity contribution in [1.82, 2.24) is 14.8 Å². The number of thioether (sulfide) groups is 2. The maximum atomic E-state index is 12.5. The minimum Gasteiger partial charge on any atom is -0.321 e. The third-order valence-corrected chi connectivity index (χ3v) is 7.29. The number of rotatable bonds is 3. The van der Waals surface area contributed by atoms with Crippen molar-refractivity contribution < 1.29 is 4.79 Å². The maximum absolute atomic E-state index is 12.5. The van der Waals surface area contributed by atoms with Crippen molar-refractivity contribution in [2.24, 2.45) is 7.05 Å². The number of anilines is 1. The first kappa shape index (κ1) is 16.5. The van der Waals surface area contributed by atoms with E-state index in [1.165, 1.54) is 17.1 Å². The molecule has 4 rings (SSSR count). The molecule has 25 heavy (non-hydrogen) atoms. The molecule has 3 aromatic rings. The van der Waals surface area contributed by atoms with Crippen molar-refractivity contribution in [2.45, 2.75) is 11.5 Å². The van der Waals surface area contributed by atoms with Gasteiger partial charge in [0.15, 0.2) is 5.65 Å². The van der Waals surface area contributed by atoms with Gasteiger partial charge in [0.2, 0.25) is 0 Å². The largest absolute Gasteiger partial charge is 0.321 e.